The molecule has 1 saturated heterocycles. The number of morpholine rings is 1. The van der Waals surface area contributed by atoms with Crippen LogP contribution in [0.3, 0.4) is 0 Å². The molecule has 0 radical (unpaired) electrons. The summed E-state index contributed by atoms with van der Waals surface area (Å²) in [6.45, 7) is 5.15. The standard InChI is InChI=1S/C16H23ClN2O2/c17-15-5-1-3-14(13-15)4-2-6-16(20)18-7-8-19-9-11-21-12-10-19/h1,3,5,13H,2,4,6-12H2,(H,18,20). The number of benzene rings is 1. The SMILES string of the molecule is O=C(CCCc1cccc(Cl)c1)NCCN1CCOCC1. The lowest BCUT2D eigenvalue weighted by Crippen LogP contribution is -2.41. The van der Waals surface area contributed by atoms with E-state index < -0.39 is 0 Å². The molecule has 1 aliphatic heterocycles. The van der Waals surface area contributed by atoms with Crippen LogP contribution in [0.1, 0.15) is 18.4 Å². The van der Waals surface area contributed by atoms with Crippen molar-refractivity contribution in [3.05, 3.63) is 34.9 Å². The Balaban J connectivity index is 1.55. The zero-order valence-corrected chi connectivity index (χ0v) is 13.1. The van der Waals surface area contributed by atoms with Gasteiger partial charge in [-0.25, -0.2) is 0 Å². The van der Waals surface area contributed by atoms with Crippen molar-refractivity contribution in [2.45, 2.75) is 19.3 Å². The van der Waals surface area contributed by atoms with E-state index in [4.69, 9.17) is 16.3 Å². The maximum absolute atomic E-state index is 11.8. The number of amides is 1. The Morgan fingerprint density at radius 1 is 1.33 bits per heavy atom. The fourth-order valence-electron chi connectivity index (χ4n) is 2.41. The van der Waals surface area contributed by atoms with Crippen molar-refractivity contribution in [2.75, 3.05) is 39.4 Å². The minimum atomic E-state index is 0.130. The number of halogens is 1. The van der Waals surface area contributed by atoms with E-state index in [0.29, 0.717) is 6.42 Å². The maximum Gasteiger partial charge on any atom is 0.220 e. The molecule has 0 aliphatic carbocycles. The average molecular weight is 311 g/mol. The summed E-state index contributed by atoms with van der Waals surface area (Å²) in [6, 6.07) is 7.81. The van der Waals surface area contributed by atoms with E-state index in [1.54, 1.807) is 0 Å². The Labute approximate surface area is 131 Å². The number of rotatable bonds is 7. The molecule has 2 rings (SSSR count). The Hall–Kier alpha value is -1.10. The molecule has 0 spiro atoms. The van der Waals surface area contributed by atoms with Crippen molar-refractivity contribution in [2.24, 2.45) is 0 Å². The van der Waals surface area contributed by atoms with Crippen molar-refractivity contribution in [1.82, 2.24) is 10.2 Å². The summed E-state index contributed by atoms with van der Waals surface area (Å²) in [4.78, 5) is 14.1. The molecule has 116 valence electrons. The van der Waals surface area contributed by atoms with Crippen LogP contribution >= 0.6 is 11.6 Å². The Bertz CT molecular complexity index is 448. The number of carbonyl (C=O) groups excluding carboxylic acids is 1. The first-order valence-corrected chi connectivity index (χ1v) is 7.93. The molecule has 1 heterocycles. The van der Waals surface area contributed by atoms with E-state index in [1.165, 1.54) is 5.56 Å². The van der Waals surface area contributed by atoms with E-state index in [-0.39, 0.29) is 5.91 Å². The molecule has 1 fully saturated rings. The van der Waals surface area contributed by atoms with Crippen molar-refractivity contribution in [3.8, 4) is 0 Å². The molecule has 1 amide bonds. The zero-order valence-electron chi connectivity index (χ0n) is 12.3. The van der Waals surface area contributed by atoms with E-state index in [9.17, 15) is 4.79 Å². The number of carbonyl (C=O) groups is 1. The molecule has 1 N–H and O–H groups in total. The molecule has 0 unspecified atom stereocenters. The van der Waals surface area contributed by atoms with Crippen LogP contribution in [0.15, 0.2) is 24.3 Å². The highest BCUT2D eigenvalue weighted by Crippen LogP contribution is 2.12. The van der Waals surface area contributed by atoms with Gasteiger partial charge in [0.25, 0.3) is 0 Å². The van der Waals surface area contributed by atoms with Crippen LogP contribution in [-0.2, 0) is 16.0 Å². The van der Waals surface area contributed by atoms with Gasteiger partial charge in [0.05, 0.1) is 13.2 Å². The highest BCUT2D eigenvalue weighted by Gasteiger charge is 2.10. The number of hydrogen-bond acceptors (Lipinski definition) is 3. The van der Waals surface area contributed by atoms with Crippen molar-refractivity contribution in [1.29, 1.82) is 0 Å². The van der Waals surface area contributed by atoms with Gasteiger partial charge in [-0.2, -0.15) is 0 Å². The molecule has 1 aromatic rings. The van der Waals surface area contributed by atoms with E-state index in [1.807, 2.05) is 24.3 Å². The molecular formula is C16H23ClN2O2. The minimum Gasteiger partial charge on any atom is -0.379 e. The second-order valence-electron chi connectivity index (χ2n) is 5.29. The Kier molecular flexibility index (Phi) is 7.00. The number of nitrogens with one attached hydrogen (secondary N) is 1. The lowest BCUT2D eigenvalue weighted by atomic mass is 10.1. The Morgan fingerprint density at radius 2 is 2.14 bits per heavy atom. The molecule has 0 aromatic heterocycles. The fraction of sp³-hybridized carbons (Fsp3) is 0.562. The van der Waals surface area contributed by atoms with Gasteiger partial charge in [0.1, 0.15) is 0 Å². The van der Waals surface area contributed by atoms with Crippen LogP contribution in [0, 0.1) is 0 Å². The first kappa shape index (κ1) is 16.3. The first-order valence-electron chi connectivity index (χ1n) is 7.55. The minimum absolute atomic E-state index is 0.130. The summed E-state index contributed by atoms with van der Waals surface area (Å²) in [5.74, 6) is 0.130. The summed E-state index contributed by atoms with van der Waals surface area (Å²) in [6.07, 6.45) is 2.30. The molecule has 0 saturated carbocycles. The van der Waals surface area contributed by atoms with Gasteiger partial charge in [0.15, 0.2) is 0 Å². The molecule has 0 bridgehead atoms. The number of aryl methyl sites for hydroxylation is 1. The molecule has 5 heteroatoms. The molecule has 4 nitrogen and oxygen atoms in total. The number of ether oxygens (including phenoxy) is 1. The first-order chi connectivity index (χ1) is 10.2. The van der Waals surface area contributed by atoms with Crippen molar-refractivity contribution >= 4 is 17.5 Å². The van der Waals surface area contributed by atoms with Crippen LogP contribution in [0.2, 0.25) is 5.02 Å². The number of hydrogen-bond donors (Lipinski definition) is 1. The molecule has 0 atom stereocenters. The third kappa shape index (κ3) is 6.46. The highest BCUT2D eigenvalue weighted by atomic mass is 35.5. The van der Waals surface area contributed by atoms with Crippen molar-refractivity contribution in [3.63, 3.8) is 0 Å². The van der Waals surface area contributed by atoms with Gasteiger partial charge in [0.2, 0.25) is 5.91 Å². The molecule has 1 aromatic carbocycles. The summed E-state index contributed by atoms with van der Waals surface area (Å²) in [7, 11) is 0. The van der Waals surface area contributed by atoms with Crippen LogP contribution in [-0.4, -0.2) is 50.2 Å². The van der Waals surface area contributed by atoms with Crippen LogP contribution in [0.4, 0.5) is 0 Å². The second kappa shape index (κ2) is 9.03. The maximum atomic E-state index is 11.8. The van der Waals surface area contributed by atoms with Gasteiger partial charge in [-0.3, -0.25) is 9.69 Å². The topological polar surface area (TPSA) is 41.6 Å². The lowest BCUT2D eigenvalue weighted by molar-refractivity contribution is -0.121. The van der Waals surface area contributed by atoms with Gasteiger partial charge in [-0.15, -0.1) is 0 Å². The van der Waals surface area contributed by atoms with E-state index in [2.05, 4.69) is 10.2 Å². The van der Waals surface area contributed by atoms with Crippen LogP contribution in [0.5, 0.6) is 0 Å². The van der Waals surface area contributed by atoms with Gasteiger partial charge < -0.3 is 10.1 Å². The molecule has 21 heavy (non-hydrogen) atoms. The third-order valence-electron chi connectivity index (χ3n) is 3.61. The Morgan fingerprint density at radius 3 is 2.90 bits per heavy atom. The van der Waals surface area contributed by atoms with Gasteiger partial charge in [-0.05, 0) is 30.5 Å². The van der Waals surface area contributed by atoms with Crippen LogP contribution in [0.25, 0.3) is 0 Å². The predicted molar refractivity (Wildman–Crippen MR) is 84.7 cm³/mol. The largest absolute Gasteiger partial charge is 0.379 e. The zero-order chi connectivity index (χ0) is 14.9. The third-order valence-corrected chi connectivity index (χ3v) is 3.85. The summed E-state index contributed by atoms with van der Waals surface area (Å²) >= 11 is 5.94. The smallest absolute Gasteiger partial charge is 0.220 e. The quantitative estimate of drug-likeness (QED) is 0.838. The van der Waals surface area contributed by atoms with E-state index >= 15 is 0 Å². The highest BCUT2D eigenvalue weighted by molar-refractivity contribution is 6.30. The fourth-order valence-corrected chi connectivity index (χ4v) is 2.63. The molecular weight excluding hydrogens is 288 g/mol. The van der Waals surface area contributed by atoms with Gasteiger partial charge >= 0.3 is 0 Å². The summed E-state index contributed by atoms with van der Waals surface area (Å²) < 4.78 is 5.29. The predicted octanol–water partition coefficient (Wildman–Crippen LogP) is 2.11. The molecule has 1 aliphatic rings. The summed E-state index contributed by atoms with van der Waals surface area (Å²) in [5.41, 5.74) is 1.18. The van der Waals surface area contributed by atoms with E-state index in [0.717, 1.165) is 57.3 Å². The summed E-state index contributed by atoms with van der Waals surface area (Å²) in [5, 5.41) is 3.73. The average Bonchev–Trinajstić information content (AvgIpc) is 2.48. The van der Waals surface area contributed by atoms with Gasteiger partial charge in [-0.1, -0.05) is 23.7 Å². The number of nitrogens with zero attached hydrogens (tertiary/aromatic N) is 1. The normalized spacial score (nSPS) is 15.9. The second-order valence-corrected chi connectivity index (χ2v) is 5.72. The van der Waals surface area contributed by atoms with Gasteiger partial charge in [0, 0.05) is 37.6 Å². The van der Waals surface area contributed by atoms with Crippen LogP contribution < -0.4 is 5.32 Å². The lowest BCUT2D eigenvalue weighted by Gasteiger charge is -2.26. The monoisotopic (exact) mass is 310 g/mol. The van der Waals surface area contributed by atoms with Crippen molar-refractivity contribution < 1.29 is 9.53 Å².